The Bertz CT molecular complexity index is 285. The van der Waals surface area contributed by atoms with Crippen LogP contribution in [0.5, 0.6) is 0 Å². The monoisotopic (exact) mass is 228 g/mol. The third-order valence-corrected chi connectivity index (χ3v) is 2.61. The summed E-state index contributed by atoms with van der Waals surface area (Å²) in [4.78, 5) is 23.8. The first kappa shape index (κ1) is 12.8. The van der Waals surface area contributed by atoms with Gasteiger partial charge in [0.1, 0.15) is 6.54 Å². The first-order valence-electron chi connectivity index (χ1n) is 5.61. The zero-order valence-electron chi connectivity index (χ0n) is 10.1. The Labute approximate surface area is 95.8 Å². The number of carboxylic acids is 1. The van der Waals surface area contributed by atoms with E-state index in [2.05, 4.69) is 5.32 Å². The molecule has 0 aromatic heterocycles. The van der Waals surface area contributed by atoms with Crippen molar-refractivity contribution in [2.24, 2.45) is 5.92 Å². The fourth-order valence-corrected chi connectivity index (χ4v) is 1.47. The molecule has 0 aromatic carbocycles. The molecule has 0 spiro atoms. The highest BCUT2D eigenvalue weighted by molar-refractivity contribution is 5.80. The molecule has 1 saturated carbocycles. The number of carbonyl (C=O) groups excluding carboxylic acids is 1. The molecule has 0 unspecified atom stereocenters. The molecule has 2 amide bonds. The molecule has 0 aromatic rings. The lowest BCUT2D eigenvalue weighted by atomic mass is 10.2. The maximum atomic E-state index is 11.8. The van der Waals surface area contributed by atoms with Gasteiger partial charge in [-0.05, 0) is 25.7 Å². The van der Waals surface area contributed by atoms with Crippen LogP contribution in [-0.4, -0.2) is 40.6 Å². The molecule has 0 bridgehead atoms. The highest BCUT2D eigenvalue weighted by atomic mass is 16.4. The average molecular weight is 228 g/mol. The van der Waals surface area contributed by atoms with Crippen molar-refractivity contribution in [2.45, 2.75) is 39.2 Å². The number of nitrogens with one attached hydrogen (secondary N) is 1. The van der Waals surface area contributed by atoms with E-state index in [0.29, 0.717) is 6.54 Å². The molecule has 1 aliphatic carbocycles. The van der Waals surface area contributed by atoms with Crippen molar-refractivity contribution in [2.75, 3.05) is 13.1 Å². The van der Waals surface area contributed by atoms with E-state index in [-0.39, 0.29) is 24.0 Å². The number of rotatable bonds is 5. The molecular weight excluding hydrogens is 208 g/mol. The summed E-state index contributed by atoms with van der Waals surface area (Å²) in [5.74, 6) is -0.714. The molecule has 1 fully saturated rings. The van der Waals surface area contributed by atoms with E-state index in [1.165, 1.54) is 4.90 Å². The van der Waals surface area contributed by atoms with Gasteiger partial charge in [0, 0.05) is 12.1 Å². The van der Waals surface area contributed by atoms with Crippen molar-refractivity contribution >= 4 is 12.0 Å². The number of nitrogens with zero attached hydrogens (tertiary/aromatic N) is 1. The van der Waals surface area contributed by atoms with Crippen molar-refractivity contribution in [3.63, 3.8) is 0 Å². The van der Waals surface area contributed by atoms with E-state index in [1.807, 2.05) is 20.8 Å². The molecule has 2 N–H and O–H groups in total. The zero-order valence-corrected chi connectivity index (χ0v) is 10.1. The minimum atomic E-state index is -0.975. The second-order valence-electron chi connectivity index (χ2n) is 5.16. The van der Waals surface area contributed by atoms with Crippen LogP contribution in [0.3, 0.4) is 0 Å². The van der Waals surface area contributed by atoms with E-state index in [9.17, 15) is 9.59 Å². The third-order valence-electron chi connectivity index (χ3n) is 2.61. The Balaban J connectivity index is 2.52. The van der Waals surface area contributed by atoms with Gasteiger partial charge in [-0.25, -0.2) is 4.79 Å². The molecule has 1 rings (SSSR count). The van der Waals surface area contributed by atoms with Crippen LogP contribution in [0.2, 0.25) is 0 Å². The molecule has 0 heterocycles. The van der Waals surface area contributed by atoms with Crippen LogP contribution in [0.25, 0.3) is 0 Å². The van der Waals surface area contributed by atoms with Gasteiger partial charge in [0.05, 0.1) is 0 Å². The molecule has 0 atom stereocenters. The van der Waals surface area contributed by atoms with Crippen molar-refractivity contribution in [3.05, 3.63) is 0 Å². The maximum absolute atomic E-state index is 11.8. The summed E-state index contributed by atoms with van der Waals surface area (Å²) >= 11 is 0. The minimum Gasteiger partial charge on any atom is -0.480 e. The van der Waals surface area contributed by atoms with E-state index in [4.69, 9.17) is 5.11 Å². The first-order valence-corrected chi connectivity index (χ1v) is 5.61. The lowest BCUT2D eigenvalue weighted by Crippen LogP contribution is -2.48. The Hall–Kier alpha value is -1.26. The molecule has 92 valence electrons. The number of amides is 2. The van der Waals surface area contributed by atoms with Gasteiger partial charge in [0.15, 0.2) is 0 Å². The summed E-state index contributed by atoms with van der Waals surface area (Å²) in [5.41, 5.74) is -0.106. The van der Waals surface area contributed by atoms with Crippen molar-refractivity contribution < 1.29 is 14.7 Å². The predicted molar refractivity (Wildman–Crippen MR) is 60.2 cm³/mol. The molecule has 0 saturated heterocycles. The first-order chi connectivity index (χ1) is 7.32. The normalized spacial score (nSPS) is 17.0. The Kier molecular flexibility index (Phi) is 3.78. The summed E-state index contributed by atoms with van der Waals surface area (Å²) in [6, 6.07) is -0.267. The molecule has 0 radical (unpaired) electrons. The second-order valence-corrected chi connectivity index (χ2v) is 5.16. The van der Waals surface area contributed by atoms with E-state index in [1.54, 1.807) is 0 Å². The van der Waals surface area contributed by atoms with Gasteiger partial charge in [-0.1, -0.05) is 13.8 Å². The molecular formula is C11H20N2O3. The van der Waals surface area contributed by atoms with Crippen molar-refractivity contribution in [1.82, 2.24) is 10.2 Å². The molecule has 0 aliphatic heterocycles. The number of aliphatic carboxylic acids is 1. The largest absolute Gasteiger partial charge is 0.480 e. The van der Waals surface area contributed by atoms with E-state index in [0.717, 1.165) is 12.8 Å². The summed E-state index contributed by atoms with van der Waals surface area (Å²) in [5, 5.41) is 11.6. The fraction of sp³-hybridized carbons (Fsp3) is 0.818. The van der Waals surface area contributed by atoms with Crippen LogP contribution in [0.15, 0.2) is 0 Å². The molecule has 16 heavy (non-hydrogen) atoms. The lowest BCUT2D eigenvalue weighted by molar-refractivity contribution is -0.137. The van der Waals surface area contributed by atoms with Gasteiger partial charge >= 0.3 is 12.0 Å². The Morgan fingerprint density at radius 2 is 2.00 bits per heavy atom. The number of urea groups is 1. The van der Waals surface area contributed by atoms with Gasteiger partial charge in [-0.15, -0.1) is 0 Å². The Morgan fingerprint density at radius 1 is 1.44 bits per heavy atom. The van der Waals surface area contributed by atoms with Crippen LogP contribution in [0, 0.1) is 5.92 Å². The van der Waals surface area contributed by atoms with Crippen LogP contribution in [0.1, 0.15) is 33.6 Å². The van der Waals surface area contributed by atoms with Crippen LogP contribution in [0.4, 0.5) is 4.79 Å². The van der Waals surface area contributed by atoms with Crippen LogP contribution < -0.4 is 5.32 Å². The fourth-order valence-electron chi connectivity index (χ4n) is 1.47. The lowest BCUT2D eigenvalue weighted by Gasteiger charge is -2.25. The summed E-state index contributed by atoms with van der Waals surface area (Å²) in [6.07, 6.45) is 1.95. The van der Waals surface area contributed by atoms with Gasteiger partial charge in [0.2, 0.25) is 0 Å². The summed E-state index contributed by atoms with van der Waals surface area (Å²) in [6.45, 7) is 6.12. The van der Waals surface area contributed by atoms with Crippen LogP contribution >= 0.6 is 0 Å². The predicted octanol–water partition coefficient (Wildman–Crippen LogP) is 1.29. The van der Waals surface area contributed by atoms with Gasteiger partial charge in [0.25, 0.3) is 0 Å². The topological polar surface area (TPSA) is 69.6 Å². The van der Waals surface area contributed by atoms with E-state index >= 15 is 0 Å². The molecule has 5 heteroatoms. The summed E-state index contributed by atoms with van der Waals surface area (Å²) < 4.78 is 0. The van der Waals surface area contributed by atoms with Crippen molar-refractivity contribution in [1.29, 1.82) is 0 Å². The molecule has 5 nitrogen and oxygen atoms in total. The SMILES string of the molecule is CC(C)CN(CC(=O)O)C(=O)NC1(C)CC1. The van der Waals surface area contributed by atoms with Gasteiger partial charge in [-0.2, -0.15) is 0 Å². The number of hydrogen-bond acceptors (Lipinski definition) is 2. The highest BCUT2D eigenvalue weighted by Gasteiger charge is 2.39. The third kappa shape index (κ3) is 4.08. The number of carboxylic acid groups (broad SMARTS) is 1. The van der Waals surface area contributed by atoms with Crippen LogP contribution in [-0.2, 0) is 4.79 Å². The summed E-state index contributed by atoms with van der Waals surface area (Å²) in [7, 11) is 0. The van der Waals surface area contributed by atoms with E-state index < -0.39 is 5.97 Å². The van der Waals surface area contributed by atoms with Gasteiger partial charge in [-0.3, -0.25) is 4.79 Å². The van der Waals surface area contributed by atoms with Gasteiger partial charge < -0.3 is 15.3 Å². The average Bonchev–Trinajstić information content (AvgIpc) is 2.80. The van der Waals surface area contributed by atoms with Crippen molar-refractivity contribution in [3.8, 4) is 0 Å². The second kappa shape index (κ2) is 4.72. The minimum absolute atomic E-state index is 0.106. The quantitative estimate of drug-likeness (QED) is 0.745. The Morgan fingerprint density at radius 3 is 2.38 bits per heavy atom. The number of hydrogen-bond donors (Lipinski definition) is 2. The standard InChI is InChI=1S/C11H20N2O3/c1-8(2)6-13(7-9(14)15)10(16)12-11(3)4-5-11/h8H,4-7H2,1-3H3,(H,12,16)(H,14,15). The molecule has 1 aliphatic rings. The highest BCUT2D eigenvalue weighted by Crippen LogP contribution is 2.34. The maximum Gasteiger partial charge on any atom is 0.323 e. The zero-order chi connectivity index (χ0) is 12.3. The number of carbonyl (C=O) groups is 2. The smallest absolute Gasteiger partial charge is 0.323 e.